The largest absolute Gasteiger partial charge is 0.534 e. The molecule has 0 aliphatic carbocycles. The summed E-state index contributed by atoms with van der Waals surface area (Å²) in [5.41, 5.74) is -2.88. The number of nitriles is 3. The Balaban J connectivity index is 1.01. The van der Waals surface area contributed by atoms with Crippen molar-refractivity contribution in [1.29, 1.82) is 15.8 Å². The Morgan fingerprint density at radius 3 is 1.55 bits per heavy atom. The third-order valence-corrected chi connectivity index (χ3v) is 26.4. The normalized spacial score (nSPS) is 14.8. The zero-order valence-corrected chi connectivity index (χ0v) is 51.3. The van der Waals surface area contributed by atoms with E-state index in [1.807, 2.05) is 153 Å². The summed E-state index contributed by atoms with van der Waals surface area (Å²) in [4.78, 5) is 3.50. The van der Waals surface area contributed by atoms with Gasteiger partial charge in [0.1, 0.15) is 41.9 Å². The highest BCUT2D eigenvalue weighted by Crippen LogP contribution is 2.56. The molecule has 85 heavy (non-hydrogen) atoms. The molecule has 0 N–H and O–H groups in total. The van der Waals surface area contributed by atoms with Crippen molar-refractivity contribution in [2.24, 2.45) is 0 Å². The van der Waals surface area contributed by atoms with Gasteiger partial charge in [-0.15, -0.1) is 11.3 Å². The lowest BCUT2D eigenvalue weighted by atomic mass is 9.83. The molecule has 8 aromatic rings. The van der Waals surface area contributed by atoms with Crippen LogP contribution in [0.1, 0.15) is 68.0 Å². The van der Waals surface area contributed by atoms with Gasteiger partial charge in [0.15, 0.2) is 11.3 Å². The van der Waals surface area contributed by atoms with Gasteiger partial charge in [-0.2, -0.15) is 29.0 Å². The van der Waals surface area contributed by atoms with Crippen LogP contribution in [0.3, 0.4) is 0 Å². The van der Waals surface area contributed by atoms with Crippen LogP contribution in [-0.4, -0.2) is 43.0 Å². The molecule has 0 bridgehead atoms. The summed E-state index contributed by atoms with van der Waals surface area (Å²) < 4.78 is 75.5. The summed E-state index contributed by atoms with van der Waals surface area (Å²) in [5, 5.41) is 34.3. The molecule has 1 aliphatic heterocycles. The number of benzene rings is 7. The van der Waals surface area contributed by atoms with E-state index in [0.29, 0.717) is 36.1 Å². The molecule has 0 amide bonds. The van der Waals surface area contributed by atoms with E-state index in [4.69, 9.17) is 18.3 Å². The summed E-state index contributed by atoms with van der Waals surface area (Å²) in [6.45, 7) is 14.5. The molecule has 8 nitrogen and oxygen atoms in total. The number of ether oxygens (including phenoxy) is 2. The SMILES string of the molecule is CN(CCO[Si](c1ccccc1)(c1ccccc1)C(C)(C)C)c1ccc(/C=C/c2ccc(/C=C/C3=C(C#N)C(=C(C#N)C#N)OC3(c3ccc(O[Si](c4ccccc4)(c4ccccc4)C(C)(C)C)cc3)C(F)(F)F)s2)c(OCc2ccccc2)c1. The number of rotatable bonds is 19. The Morgan fingerprint density at radius 2 is 1.08 bits per heavy atom. The molecule has 0 spiro atoms. The van der Waals surface area contributed by atoms with Crippen molar-refractivity contribution in [2.45, 2.75) is 70.0 Å². The molecule has 0 fully saturated rings. The molecule has 1 unspecified atom stereocenters. The summed E-state index contributed by atoms with van der Waals surface area (Å²) in [5.74, 6) is 0.222. The van der Waals surface area contributed by atoms with Crippen LogP contribution in [0.5, 0.6) is 11.5 Å². The molecule has 0 saturated carbocycles. The number of anilines is 1. The van der Waals surface area contributed by atoms with Gasteiger partial charge in [0.2, 0.25) is 0 Å². The number of halogens is 3. The van der Waals surface area contributed by atoms with Crippen LogP contribution in [0.2, 0.25) is 10.1 Å². The van der Waals surface area contributed by atoms with Gasteiger partial charge in [-0.25, -0.2) is 0 Å². The van der Waals surface area contributed by atoms with Crippen LogP contribution in [0, 0.1) is 34.0 Å². The van der Waals surface area contributed by atoms with Gasteiger partial charge in [0.25, 0.3) is 13.9 Å². The molecule has 7 aromatic carbocycles. The fourth-order valence-electron chi connectivity index (χ4n) is 11.2. The quantitative estimate of drug-likeness (QED) is 0.0581. The first kappa shape index (κ1) is 60.6. The topological polar surface area (TPSA) is 112 Å². The van der Waals surface area contributed by atoms with Crippen molar-refractivity contribution in [3.63, 3.8) is 0 Å². The van der Waals surface area contributed by atoms with Crippen molar-refractivity contribution in [1.82, 2.24) is 0 Å². The first-order valence-corrected chi connectivity index (χ1v) is 32.5. The highest BCUT2D eigenvalue weighted by atomic mass is 32.1. The van der Waals surface area contributed by atoms with Crippen LogP contribution in [0.25, 0.3) is 18.2 Å². The van der Waals surface area contributed by atoms with Crippen molar-refractivity contribution in [3.05, 3.63) is 261 Å². The van der Waals surface area contributed by atoms with E-state index >= 15 is 13.2 Å². The minimum absolute atomic E-state index is 0.175. The van der Waals surface area contributed by atoms with Crippen molar-refractivity contribution < 1.29 is 31.5 Å². The number of thiophene rings is 1. The van der Waals surface area contributed by atoms with E-state index in [2.05, 4.69) is 95.0 Å². The minimum Gasteiger partial charge on any atom is -0.534 e. The fourth-order valence-corrected chi connectivity index (χ4v) is 21.0. The van der Waals surface area contributed by atoms with Gasteiger partial charge in [-0.3, -0.25) is 0 Å². The van der Waals surface area contributed by atoms with Crippen molar-refractivity contribution >= 4 is 72.6 Å². The van der Waals surface area contributed by atoms with Crippen molar-refractivity contribution in [2.75, 3.05) is 25.1 Å². The molecular formula is C71H65F3N4O4SSi2. The van der Waals surface area contributed by atoms with Crippen LogP contribution in [0.4, 0.5) is 18.9 Å². The Kier molecular flexibility index (Phi) is 18.2. The zero-order valence-electron chi connectivity index (χ0n) is 48.5. The van der Waals surface area contributed by atoms with Crippen molar-refractivity contribution in [3.8, 4) is 29.7 Å². The number of hydrogen-bond donors (Lipinski definition) is 0. The second-order valence-electron chi connectivity index (χ2n) is 22.7. The second-order valence-corrected chi connectivity index (χ2v) is 32.4. The van der Waals surface area contributed by atoms with Crippen LogP contribution in [-0.2, 0) is 21.4 Å². The van der Waals surface area contributed by atoms with Gasteiger partial charge in [-0.1, -0.05) is 211 Å². The predicted molar refractivity (Wildman–Crippen MR) is 341 cm³/mol. The van der Waals surface area contributed by atoms with Crippen LogP contribution in [0.15, 0.2) is 235 Å². The summed E-state index contributed by atoms with van der Waals surface area (Å²) in [6.07, 6.45) is 1.32. The molecule has 0 radical (unpaired) electrons. The molecule has 1 aromatic heterocycles. The van der Waals surface area contributed by atoms with E-state index in [1.54, 1.807) is 18.2 Å². The molecule has 1 aliphatic rings. The first-order valence-electron chi connectivity index (χ1n) is 27.9. The second kappa shape index (κ2) is 25.5. The third kappa shape index (κ3) is 12.4. The molecule has 2 heterocycles. The Labute approximate surface area is 503 Å². The lowest BCUT2D eigenvalue weighted by molar-refractivity contribution is -0.249. The molecule has 14 heteroatoms. The summed E-state index contributed by atoms with van der Waals surface area (Å²) in [6, 6.07) is 71.1. The Morgan fingerprint density at radius 1 is 0.600 bits per heavy atom. The maximum Gasteiger partial charge on any atom is 0.437 e. The van der Waals surface area contributed by atoms with Gasteiger partial charge in [0.05, 0.1) is 6.61 Å². The average molecular weight is 1180 g/mol. The van der Waals surface area contributed by atoms with E-state index in [9.17, 15) is 15.8 Å². The van der Waals surface area contributed by atoms with E-state index in [0.717, 1.165) is 32.1 Å². The zero-order chi connectivity index (χ0) is 60.5. The number of allylic oxidation sites excluding steroid dienone is 2. The summed E-state index contributed by atoms with van der Waals surface area (Å²) >= 11 is 1.31. The number of alkyl halides is 3. The minimum atomic E-state index is -5.21. The standard InChI is InChI=1S/C71H65F3N4O4SSi2/c1-68(2,3)84(60-25-15-9-16-26-60,61-27-17-10-18-28-61)80-46-45-78(7)56-37-33-53(66(47-56)79-51-52-23-13-8-14-24-52)34-40-58-41-42-59(83-58)43-44-65-64(50-77)67(54(48-75)49-76)81-70(65,71(72,73)74)55-35-38-57(39-36-55)82-85(69(4,5)6,62-29-19-11-20-30-62)63-31-21-12-22-32-63/h8-44,47H,45-46,51H2,1-7H3/b40-34+,44-43+. The monoisotopic (exact) mass is 1180 g/mol. The first-order chi connectivity index (χ1) is 40.8. The number of likely N-dealkylation sites (N-methyl/N-ethyl adjacent to an activating group) is 1. The number of nitrogens with zero attached hydrogens (tertiary/aromatic N) is 4. The van der Waals surface area contributed by atoms with Gasteiger partial charge in [-0.05, 0) is 91.0 Å². The lowest BCUT2D eigenvalue weighted by Gasteiger charge is -2.43. The predicted octanol–water partition coefficient (Wildman–Crippen LogP) is 15.1. The molecule has 0 saturated heterocycles. The highest BCUT2D eigenvalue weighted by molar-refractivity contribution is 7.13. The van der Waals surface area contributed by atoms with E-state index in [-0.39, 0.29) is 10.6 Å². The van der Waals surface area contributed by atoms with Gasteiger partial charge in [0, 0.05) is 51.8 Å². The summed E-state index contributed by atoms with van der Waals surface area (Å²) in [7, 11) is -3.93. The maximum absolute atomic E-state index is 16.2. The number of hydrogen-bond acceptors (Lipinski definition) is 9. The van der Waals surface area contributed by atoms with E-state index < -0.39 is 55.9 Å². The van der Waals surface area contributed by atoms with E-state index in [1.165, 1.54) is 58.1 Å². The Hall–Kier alpha value is -8.95. The van der Waals surface area contributed by atoms with Crippen LogP contribution >= 0.6 is 11.3 Å². The lowest BCUT2D eigenvalue weighted by Crippen LogP contribution is -2.68. The molecule has 1 atom stereocenters. The molecule has 9 rings (SSSR count). The van der Waals surface area contributed by atoms with Gasteiger partial charge >= 0.3 is 14.5 Å². The average Bonchev–Trinajstić information content (AvgIpc) is 2.64. The maximum atomic E-state index is 16.2. The molecule has 428 valence electrons. The fraction of sp³-hybridized carbons (Fsp3) is 0.197. The molecular weight excluding hydrogens is 1120 g/mol. The van der Waals surface area contributed by atoms with Crippen LogP contribution < -0.4 is 34.8 Å². The third-order valence-electron chi connectivity index (χ3n) is 15.4. The smallest absolute Gasteiger partial charge is 0.437 e. The Bertz CT molecular complexity index is 3780. The van der Waals surface area contributed by atoms with Gasteiger partial charge < -0.3 is 23.2 Å². The highest BCUT2D eigenvalue weighted by Gasteiger charge is 2.65.